The first-order valence-electron chi connectivity index (χ1n) is 7.19. The Morgan fingerprint density at radius 1 is 1.24 bits per heavy atom. The van der Waals surface area contributed by atoms with Gasteiger partial charge in [-0.1, -0.05) is 29.8 Å². The van der Waals surface area contributed by atoms with E-state index in [1.807, 2.05) is 18.2 Å². The van der Waals surface area contributed by atoms with Gasteiger partial charge in [-0.2, -0.15) is 0 Å². The summed E-state index contributed by atoms with van der Waals surface area (Å²) in [6.07, 6.45) is 1.06. The van der Waals surface area contributed by atoms with Crippen LogP contribution in [0.3, 0.4) is 0 Å². The van der Waals surface area contributed by atoms with E-state index in [4.69, 9.17) is 16.6 Å². The van der Waals surface area contributed by atoms with E-state index in [1.165, 1.54) is 11.3 Å². The van der Waals surface area contributed by atoms with Crippen LogP contribution in [0.1, 0.15) is 23.7 Å². The van der Waals surface area contributed by atoms with Gasteiger partial charge in [0, 0.05) is 30.2 Å². The van der Waals surface area contributed by atoms with Crippen LogP contribution in [-0.4, -0.2) is 16.1 Å². The van der Waals surface area contributed by atoms with Gasteiger partial charge in [0.1, 0.15) is 5.82 Å². The lowest BCUT2D eigenvalue weighted by Gasteiger charge is -2.26. The normalized spacial score (nSPS) is 17.5. The largest absolute Gasteiger partial charge is 0.385 e. The van der Waals surface area contributed by atoms with Crippen LogP contribution in [0.2, 0.25) is 5.02 Å². The number of benzene rings is 2. The molecular formula is C17H16ClN3. The van der Waals surface area contributed by atoms with Crippen molar-refractivity contribution in [3.05, 3.63) is 58.9 Å². The number of para-hydroxylation sites is 1. The Morgan fingerprint density at radius 3 is 3.00 bits per heavy atom. The predicted molar refractivity (Wildman–Crippen MR) is 87.1 cm³/mol. The van der Waals surface area contributed by atoms with Crippen molar-refractivity contribution in [2.24, 2.45) is 7.05 Å². The Kier molecular flexibility index (Phi) is 2.89. The first-order valence-corrected chi connectivity index (χ1v) is 7.56. The van der Waals surface area contributed by atoms with Crippen molar-refractivity contribution in [2.75, 3.05) is 11.9 Å². The van der Waals surface area contributed by atoms with Crippen molar-refractivity contribution < 1.29 is 0 Å². The number of aromatic nitrogens is 2. The average Bonchev–Trinajstić information content (AvgIpc) is 2.83. The molecule has 0 amide bonds. The topological polar surface area (TPSA) is 29.9 Å². The van der Waals surface area contributed by atoms with E-state index in [9.17, 15) is 0 Å². The highest BCUT2D eigenvalue weighted by atomic mass is 35.5. The number of nitrogens with one attached hydrogen (secondary N) is 1. The standard InChI is InChI=1S/C17H16ClN3/c1-21-16-7-6-11(18)10-15(16)20-17(21)13-8-9-19-14-5-3-2-4-12(13)14/h2-7,10,13,19H,8-9H2,1H3. The molecule has 0 radical (unpaired) electrons. The van der Waals surface area contributed by atoms with E-state index in [-0.39, 0.29) is 0 Å². The summed E-state index contributed by atoms with van der Waals surface area (Å²) in [7, 11) is 2.09. The maximum Gasteiger partial charge on any atom is 0.117 e. The summed E-state index contributed by atoms with van der Waals surface area (Å²) < 4.78 is 2.19. The fourth-order valence-electron chi connectivity index (χ4n) is 3.24. The highest BCUT2D eigenvalue weighted by molar-refractivity contribution is 6.31. The van der Waals surface area contributed by atoms with Crippen molar-refractivity contribution in [1.29, 1.82) is 0 Å². The third-order valence-corrected chi connectivity index (χ3v) is 4.51. The third-order valence-electron chi connectivity index (χ3n) is 4.27. The first-order chi connectivity index (χ1) is 10.2. The van der Waals surface area contributed by atoms with E-state index in [0.717, 1.165) is 34.8 Å². The van der Waals surface area contributed by atoms with Crippen LogP contribution in [0, 0.1) is 0 Å². The van der Waals surface area contributed by atoms with Gasteiger partial charge in [0.05, 0.1) is 11.0 Å². The number of aryl methyl sites for hydroxylation is 1. The molecule has 0 spiro atoms. The van der Waals surface area contributed by atoms with Gasteiger partial charge in [-0.05, 0) is 36.2 Å². The van der Waals surface area contributed by atoms with Crippen molar-refractivity contribution in [3.63, 3.8) is 0 Å². The van der Waals surface area contributed by atoms with E-state index in [1.54, 1.807) is 0 Å². The highest BCUT2D eigenvalue weighted by Crippen LogP contribution is 2.36. The number of rotatable bonds is 1. The third kappa shape index (κ3) is 2.00. The van der Waals surface area contributed by atoms with Crippen LogP contribution >= 0.6 is 11.6 Å². The first kappa shape index (κ1) is 12.7. The molecule has 0 saturated heterocycles. The molecule has 1 aliphatic rings. The van der Waals surface area contributed by atoms with Gasteiger partial charge < -0.3 is 9.88 Å². The summed E-state index contributed by atoms with van der Waals surface area (Å²) in [5, 5.41) is 4.20. The van der Waals surface area contributed by atoms with Gasteiger partial charge in [0.2, 0.25) is 0 Å². The zero-order chi connectivity index (χ0) is 14.4. The lowest BCUT2D eigenvalue weighted by atomic mass is 9.90. The molecule has 0 aliphatic carbocycles. The van der Waals surface area contributed by atoms with Crippen molar-refractivity contribution in [2.45, 2.75) is 12.3 Å². The zero-order valence-electron chi connectivity index (χ0n) is 11.8. The fourth-order valence-corrected chi connectivity index (χ4v) is 3.41. The molecule has 21 heavy (non-hydrogen) atoms. The van der Waals surface area contributed by atoms with Crippen LogP contribution in [0.15, 0.2) is 42.5 Å². The number of hydrogen-bond donors (Lipinski definition) is 1. The lowest BCUT2D eigenvalue weighted by molar-refractivity contribution is 0.649. The number of anilines is 1. The minimum atomic E-state index is 0.332. The van der Waals surface area contributed by atoms with Crippen molar-refractivity contribution >= 4 is 28.3 Å². The maximum atomic E-state index is 6.09. The van der Waals surface area contributed by atoms with E-state index < -0.39 is 0 Å². The quantitative estimate of drug-likeness (QED) is 0.730. The zero-order valence-corrected chi connectivity index (χ0v) is 12.6. The number of nitrogens with zero attached hydrogens (tertiary/aromatic N) is 2. The van der Waals surface area contributed by atoms with E-state index in [0.29, 0.717) is 5.92 Å². The van der Waals surface area contributed by atoms with Crippen molar-refractivity contribution in [1.82, 2.24) is 9.55 Å². The second-order valence-corrected chi connectivity index (χ2v) is 5.95. The Bertz CT molecular complexity index is 822. The molecule has 0 saturated carbocycles. The predicted octanol–water partition coefficient (Wildman–Crippen LogP) is 4.17. The molecule has 1 unspecified atom stereocenters. The van der Waals surface area contributed by atoms with Crippen LogP contribution in [0.4, 0.5) is 5.69 Å². The Balaban J connectivity index is 1.90. The molecule has 2 heterocycles. The molecule has 1 aliphatic heterocycles. The summed E-state index contributed by atoms with van der Waals surface area (Å²) in [5.74, 6) is 1.44. The van der Waals surface area contributed by atoms with Crippen LogP contribution < -0.4 is 5.32 Å². The number of fused-ring (bicyclic) bond motifs is 2. The van der Waals surface area contributed by atoms with Crippen LogP contribution in [-0.2, 0) is 7.05 Å². The SMILES string of the molecule is Cn1c(C2CCNc3ccccc32)nc2cc(Cl)ccc21. The highest BCUT2D eigenvalue weighted by Gasteiger charge is 2.25. The molecular weight excluding hydrogens is 282 g/mol. The molecule has 1 N–H and O–H groups in total. The number of imidazole rings is 1. The molecule has 1 atom stereocenters. The average molecular weight is 298 g/mol. The Hall–Kier alpha value is -2.00. The van der Waals surface area contributed by atoms with Gasteiger partial charge >= 0.3 is 0 Å². The van der Waals surface area contributed by atoms with Crippen LogP contribution in [0.25, 0.3) is 11.0 Å². The summed E-state index contributed by atoms with van der Waals surface area (Å²) >= 11 is 6.09. The summed E-state index contributed by atoms with van der Waals surface area (Å²) in [6, 6.07) is 14.4. The second-order valence-electron chi connectivity index (χ2n) is 5.52. The number of hydrogen-bond acceptors (Lipinski definition) is 2. The molecule has 4 heteroatoms. The summed E-state index contributed by atoms with van der Waals surface area (Å²) in [4.78, 5) is 4.85. The maximum absolute atomic E-state index is 6.09. The molecule has 4 rings (SSSR count). The van der Waals surface area contributed by atoms with Gasteiger partial charge in [-0.25, -0.2) is 4.98 Å². The minimum absolute atomic E-state index is 0.332. The monoisotopic (exact) mass is 297 g/mol. The van der Waals surface area contributed by atoms with Crippen molar-refractivity contribution in [3.8, 4) is 0 Å². The van der Waals surface area contributed by atoms with E-state index >= 15 is 0 Å². The van der Waals surface area contributed by atoms with Gasteiger partial charge in [0.15, 0.2) is 0 Å². The van der Waals surface area contributed by atoms with Gasteiger partial charge in [-0.3, -0.25) is 0 Å². The molecule has 0 fully saturated rings. The molecule has 1 aromatic heterocycles. The molecule has 106 valence electrons. The smallest absolute Gasteiger partial charge is 0.117 e. The second kappa shape index (κ2) is 4.78. The molecule has 3 nitrogen and oxygen atoms in total. The summed E-state index contributed by atoms with van der Waals surface area (Å²) in [6.45, 7) is 0.978. The Morgan fingerprint density at radius 2 is 2.10 bits per heavy atom. The van der Waals surface area contributed by atoms with E-state index in [2.05, 4.69) is 41.2 Å². The minimum Gasteiger partial charge on any atom is -0.385 e. The Labute approximate surface area is 128 Å². The fraction of sp³-hybridized carbons (Fsp3) is 0.235. The van der Waals surface area contributed by atoms with Gasteiger partial charge in [0.25, 0.3) is 0 Å². The lowest BCUT2D eigenvalue weighted by Crippen LogP contribution is -2.19. The summed E-state index contributed by atoms with van der Waals surface area (Å²) in [5.41, 5.74) is 4.65. The molecule has 2 aromatic carbocycles. The molecule has 3 aromatic rings. The van der Waals surface area contributed by atoms with Gasteiger partial charge in [-0.15, -0.1) is 0 Å². The number of halogens is 1. The molecule has 0 bridgehead atoms. The van der Waals surface area contributed by atoms with Crippen LogP contribution in [0.5, 0.6) is 0 Å².